The molecule has 0 radical (unpaired) electrons. The maximum Gasteiger partial charge on any atom is 0.291 e. The number of ether oxygens (including phenoxy) is 1. The molecule has 0 atom stereocenters. The molecule has 7 nitrogen and oxygen atoms in total. The molecule has 0 bridgehead atoms. The molecule has 0 aliphatic rings. The van der Waals surface area contributed by atoms with Gasteiger partial charge in [0.15, 0.2) is 0 Å². The summed E-state index contributed by atoms with van der Waals surface area (Å²) in [7, 11) is 1.65. The highest BCUT2D eigenvalue weighted by atomic mass is 16.5. The predicted molar refractivity (Wildman–Crippen MR) is 88.6 cm³/mol. The average molecular weight is 325 g/mol. The van der Waals surface area contributed by atoms with E-state index in [1.165, 1.54) is 0 Å². The van der Waals surface area contributed by atoms with Gasteiger partial charge < -0.3 is 10.1 Å². The molecule has 0 unspecified atom stereocenters. The summed E-state index contributed by atoms with van der Waals surface area (Å²) in [6.45, 7) is 4.73. The quantitative estimate of drug-likeness (QED) is 0.774. The SMILES string of the molecule is COCc1cccc(CNC(=O)c2nc3nc(C)cc(C)n3n2)c1. The summed E-state index contributed by atoms with van der Waals surface area (Å²) in [6.07, 6.45) is 0. The van der Waals surface area contributed by atoms with Crippen LogP contribution in [0.3, 0.4) is 0 Å². The standard InChI is InChI=1S/C17H19N5O2/c1-11-7-12(2)22-17(19-11)20-15(21-22)16(23)18-9-13-5-4-6-14(8-13)10-24-3/h4-8H,9-10H2,1-3H3,(H,18,23). The van der Waals surface area contributed by atoms with Gasteiger partial charge in [-0.15, -0.1) is 5.10 Å². The van der Waals surface area contributed by atoms with E-state index >= 15 is 0 Å². The molecule has 24 heavy (non-hydrogen) atoms. The molecule has 0 aliphatic heterocycles. The van der Waals surface area contributed by atoms with Crippen LogP contribution in [-0.4, -0.2) is 32.6 Å². The maximum atomic E-state index is 12.3. The van der Waals surface area contributed by atoms with Gasteiger partial charge in [0.1, 0.15) is 0 Å². The third-order valence-corrected chi connectivity index (χ3v) is 3.58. The fourth-order valence-electron chi connectivity index (χ4n) is 2.52. The number of hydrogen-bond acceptors (Lipinski definition) is 5. The first kappa shape index (κ1) is 16.1. The minimum atomic E-state index is -0.324. The van der Waals surface area contributed by atoms with Crippen LogP contribution >= 0.6 is 0 Å². The molecule has 7 heteroatoms. The van der Waals surface area contributed by atoms with Crippen molar-refractivity contribution in [3.05, 3.63) is 58.7 Å². The molecule has 1 amide bonds. The van der Waals surface area contributed by atoms with Crippen LogP contribution in [0.15, 0.2) is 30.3 Å². The number of carbonyl (C=O) groups is 1. The highest BCUT2D eigenvalue weighted by Crippen LogP contribution is 2.08. The van der Waals surface area contributed by atoms with Crippen LogP contribution in [0.5, 0.6) is 0 Å². The Kier molecular flexibility index (Phi) is 4.52. The number of rotatable bonds is 5. The van der Waals surface area contributed by atoms with Gasteiger partial charge in [-0.2, -0.15) is 4.98 Å². The number of nitrogens with zero attached hydrogens (tertiary/aromatic N) is 4. The van der Waals surface area contributed by atoms with Crippen molar-refractivity contribution < 1.29 is 9.53 Å². The number of fused-ring (bicyclic) bond motifs is 1. The van der Waals surface area contributed by atoms with Crippen LogP contribution in [0.2, 0.25) is 0 Å². The van der Waals surface area contributed by atoms with Gasteiger partial charge in [-0.1, -0.05) is 24.3 Å². The van der Waals surface area contributed by atoms with Gasteiger partial charge in [-0.25, -0.2) is 9.50 Å². The Labute approximate surface area is 139 Å². The van der Waals surface area contributed by atoms with Gasteiger partial charge in [0, 0.05) is 25.0 Å². The number of benzene rings is 1. The van der Waals surface area contributed by atoms with Gasteiger partial charge in [0.25, 0.3) is 11.7 Å². The third kappa shape index (κ3) is 3.41. The Balaban J connectivity index is 1.73. The second-order valence-electron chi connectivity index (χ2n) is 5.62. The lowest BCUT2D eigenvalue weighted by atomic mass is 10.1. The second kappa shape index (κ2) is 6.76. The minimum absolute atomic E-state index is 0.115. The maximum absolute atomic E-state index is 12.3. The summed E-state index contributed by atoms with van der Waals surface area (Å²) in [6, 6.07) is 9.76. The van der Waals surface area contributed by atoms with E-state index in [9.17, 15) is 4.79 Å². The Morgan fingerprint density at radius 2 is 2.00 bits per heavy atom. The largest absolute Gasteiger partial charge is 0.380 e. The molecule has 0 aliphatic carbocycles. The first-order valence-corrected chi connectivity index (χ1v) is 7.63. The van der Waals surface area contributed by atoms with Crippen molar-refractivity contribution in [2.24, 2.45) is 0 Å². The zero-order valence-corrected chi connectivity index (χ0v) is 13.9. The van der Waals surface area contributed by atoms with Crippen LogP contribution in [0.25, 0.3) is 5.78 Å². The zero-order valence-electron chi connectivity index (χ0n) is 13.9. The van der Waals surface area contributed by atoms with E-state index in [1.807, 2.05) is 44.2 Å². The van der Waals surface area contributed by atoms with Crippen LogP contribution in [0.1, 0.15) is 33.1 Å². The molecule has 3 aromatic rings. The average Bonchev–Trinajstić information content (AvgIpc) is 2.98. The molecule has 0 saturated carbocycles. The predicted octanol–water partition coefficient (Wildman–Crippen LogP) is 1.82. The number of carbonyl (C=O) groups excluding carboxylic acids is 1. The van der Waals surface area contributed by atoms with E-state index in [4.69, 9.17) is 4.74 Å². The summed E-state index contributed by atoms with van der Waals surface area (Å²) in [5, 5.41) is 7.06. The van der Waals surface area contributed by atoms with Crippen LogP contribution in [0.4, 0.5) is 0 Å². The van der Waals surface area contributed by atoms with E-state index in [1.54, 1.807) is 11.6 Å². The number of amides is 1. The lowest BCUT2D eigenvalue weighted by Gasteiger charge is -2.05. The smallest absolute Gasteiger partial charge is 0.291 e. The van der Waals surface area contributed by atoms with Gasteiger partial charge in [-0.05, 0) is 31.0 Å². The third-order valence-electron chi connectivity index (χ3n) is 3.58. The highest BCUT2D eigenvalue weighted by molar-refractivity contribution is 5.90. The Morgan fingerprint density at radius 3 is 2.79 bits per heavy atom. The van der Waals surface area contributed by atoms with Crippen LogP contribution in [-0.2, 0) is 17.9 Å². The van der Waals surface area contributed by atoms with E-state index in [2.05, 4.69) is 20.4 Å². The summed E-state index contributed by atoms with van der Waals surface area (Å²) < 4.78 is 6.69. The summed E-state index contributed by atoms with van der Waals surface area (Å²) in [4.78, 5) is 20.8. The summed E-state index contributed by atoms with van der Waals surface area (Å²) in [5.41, 5.74) is 3.78. The van der Waals surface area contributed by atoms with Crippen molar-refractivity contribution >= 4 is 11.7 Å². The molecule has 2 heterocycles. The molecular weight excluding hydrogens is 306 g/mol. The molecule has 124 valence electrons. The van der Waals surface area contributed by atoms with E-state index in [0.29, 0.717) is 18.9 Å². The van der Waals surface area contributed by atoms with E-state index in [0.717, 1.165) is 22.5 Å². The fraction of sp³-hybridized carbons (Fsp3) is 0.294. The Hall–Kier alpha value is -2.80. The molecule has 0 fully saturated rings. The molecule has 1 aromatic carbocycles. The van der Waals surface area contributed by atoms with Crippen molar-refractivity contribution in [1.82, 2.24) is 24.9 Å². The summed E-state index contributed by atoms with van der Waals surface area (Å²) >= 11 is 0. The molecule has 0 saturated heterocycles. The van der Waals surface area contributed by atoms with Gasteiger partial charge >= 0.3 is 0 Å². The normalized spacial score (nSPS) is 11.0. The van der Waals surface area contributed by atoms with Crippen LogP contribution < -0.4 is 5.32 Å². The van der Waals surface area contributed by atoms with Crippen molar-refractivity contribution in [2.75, 3.05) is 7.11 Å². The molecule has 2 aromatic heterocycles. The molecule has 0 spiro atoms. The number of hydrogen-bond donors (Lipinski definition) is 1. The first-order valence-electron chi connectivity index (χ1n) is 7.63. The summed E-state index contributed by atoms with van der Waals surface area (Å²) in [5.74, 6) is 0.221. The monoisotopic (exact) mass is 325 g/mol. The van der Waals surface area contributed by atoms with Gasteiger partial charge in [0.2, 0.25) is 5.82 Å². The number of nitrogens with one attached hydrogen (secondary N) is 1. The van der Waals surface area contributed by atoms with Gasteiger partial charge in [-0.3, -0.25) is 4.79 Å². The van der Waals surface area contributed by atoms with E-state index in [-0.39, 0.29) is 11.7 Å². The van der Waals surface area contributed by atoms with Crippen molar-refractivity contribution in [2.45, 2.75) is 27.0 Å². The number of aryl methyl sites for hydroxylation is 2. The number of aromatic nitrogens is 4. The Morgan fingerprint density at radius 1 is 1.21 bits per heavy atom. The topological polar surface area (TPSA) is 81.4 Å². The first-order chi connectivity index (χ1) is 11.6. The van der Waals surface area contributed by atoms with Gasteiger partial charge in [0.05, 0.1) is 6.61 Å². The molecular formula is C17H19N5O2. The fourth-order valence-corrected chi connectivity index (χ4v) is 2.52. The van der Waals surface area contributed by atoms with Crippen molar-refractivity contribution in [3.63, 3.8) is 0 Å². The van der Waals surface area contributed by atoms with Crippen LogP contribution in [0, 0.1) is 13.8 Å². The van der Waals surface area contributed by atoms with Crippen molar-refractivity contribution in [1.29, 1.82) is 0 Å². The lowest BCUT2D eigenvalue weighted by Crippen LogP contribution is -2.24. The lowest BCUT2D eigenvalue weighted by molar-refractivity contribution is 0.0940. The second-order valence-corrected chi connectivity index (χ2v) is 5.62. The Bertz CT molecular complexity index is 888. The minimum Gasteiger partial charge on any atom is -0.380 e. The van der Waals surface area contributed by atoms with Crippen molar-refractivity contribution in [3.8, 4) is 0 Å². The number of methoxy groups -OCH3 is 1. The molecule has 1 N–H and O–H groups in total. The molecule has 3 rings (SSSR count). The highest BCUT2D eigenvalue weighted by Gasteiger charge is 2.14. The zero-order chi connectivity index (χ0) is 17.1. The van der Waals surface area contributed by atoms with E-state index < -0.39 is 0 Å².